The van der Waals surface area contributed by atoms with Crippen LogP contribution in [0.15, 0.2) is 79.4 Å². The molecule has 26 heavy (non-hydrogen) atoms. The van der Waals surface area contributed by atoms with E-state index < -0.39 is 0 Å². The molecule has 2 aromatic carbocycles. The van der Waals surface area contributed by atoms with Gasteiger partial charge >= 0.3 is 6.03 Å². The lowest BCUT2D eigenvalue weighted by Gasteiger charge is -2.07. The SMILES string of the molecule is O=C(NCCc1ccccc1)n1cnc2cc(-c3cccnc3)ccc21. The molecule has 1 amide bonds. The van der Waals surface area contributed by atoms with Crippen LogP contribution < -0.4 is 5.32 Å². The molecule has 0 saturated heterocycles. The topological polar surface area (TPSA) is 59.8 Å². The normalized spacial score (nSPS) is 10.8. The van der Waals surface area contributed by atoms with Crippen molar-refractivity contribution in [1.82, 2.24) is 19.9 Å². The number of nitrogens with zero attached hydrogens (tertiary/aromatic N) is 3. The summed E-state index contributed by atoms with van der Waals surface area (Å²) >= 11 is 0. The average molecular weight is 342 g/mol. The number of fused-ring (bicyclic) bond motifs is 1. The lowest BCUT2D eigenvalue weighted by Crippen LogP contribution is -2.29. The fourth-order valence-corrected chi connectivity index (χ4v) is 2.93. The second-order valence-electron chi connectivity index (χ2n) is 6.03. The van der Waals surface area contributed by atoms with Gasteiger partial charge in [-0.25, -0.2) is 9.78 Å². The van der Waals surface area contributed by atoms with Crippen molar-refractivity contribution in [1.29, 1.82) is 0 Å². The molecule has 0 fully saturated rings. The number of nitrogens with one attached hydrogen (secondary N) is 1. The molecule has 4 rings (SSSR count). The largest absolute Gasteiger partial charge is 0.337 e. The number of benzene rings is 2. The first kappa shape index (κ1) is 16.0. The molecule has 0 aliphatic heterocycles. The van der Waals surface area contributed by atoms with Crippen LogP contribution in [-0.4, -0.2) is 27.1 Å². The van der Waals surface area contributed by atoms with Crippen LogP contribution >= 0.6 is 0 Å². The van der Waals surface area contributed by atoms with E-state index in [0.717, 1.165) is 28.6 Å². The quantitative estimate of drug-likeness (QED) is 0.612. The first-order valence-corrected chi connectivity index (χ1v) is 8.51. The van der Waals surface area contributed by atoms with Gasteiger partial charge in [0.05, 0.1) is 11.0 Å². The van der Waals surface area contributed by atoms with Gasteiger partial charge in [0.25, 0.3) is 0 Å². The predicted molar refractivity (Wildman–Crippen MR) is 102 cm³/mol. The molecule has 0 bridgehead atoms. The molecule has 0 aliphatic rings. The molecule has 0 aliphatic carbocycles. The maximum Gasteiger partial charge on any atom is 0.327 e. The molecule has 0 radical (unpaired) electrons. The Labute approximate surface area is 151 Å². The van der Waals surface area contributed by atoms with Crippen LogP contribution in [0.25, 0.3) is 22.2 Å². The van der Waals surface area contributed by atoms with Crippen molar-refractivity contribution in [2.45, 2.75) is 6.42 Å². The summed E-state index contributed by atoms with van der Waals surface area (Å²) in [5.41, 5.74) is 4.82. The first-order valence-electron chi connectivity index (χ1n) is 8.51. The lowest BCUT2D eigenvalue weighted by molar-refractivity contribution is 0.243. The minimum atomic E-state index is -0.169. The van der Waals surface area contributed by atoms with Gasteiger partial charge in [-0.05, 0) is 35.7 Å². The van der Waals surface area contributed by atoms with Gasteiger partial charge < -0.3 is 5.32 Å². The maximum absolute atomic E-state index is 12.5. The Morgan fingerprint density at radius 2 is 1.88 bits per heavy atom. The minimum Gasteiger partial charge on any atom is -0.337 e. The molecular formula is C21H18N4O. The number of hydrogen-bond donors (Lipinski definition) is 1. The zero-order chi connectivity index (χ0) is 17.8. The zero-order valence-corrected chi connectivity index (χ0v) is 14.2. The van der Waals surface area contributed by atoms with Crippen LogP contribution in [-0.2, 0) is 6.42 Å². The number of imidazole rings is 1. The van der Waals surface area contributed by atoms with Crippen molar-refractivity contribution in [3.8, 4) is 11.1 Å². The summed E-state index contributed by atoms with van der Waals surface area (Å²) in [7, 11) is 0. The van der Waals surface area contributed by atoms with E-state index in [1.807, 2.05) is 54.7 Å². The van der Waals surface area contributed by atoms with E-state index in [2.05, 4.69) is 27.4 Å². The van der Waals surface area contributed by atoms with Crippen LogP contribution in [0.2, 0.25) is 0 Å². The van der Waals surface area contributed by atoms with Crippen LogP contribution in [0.1, 0.15) is 5.56 Å². The number of pyridine rings is 1. The molecule has 4 aromatic rings. The van der Waals surface area contributed by atoms with Gasteiger partial charge in [-0.3, -0.25) is 9.55 Å². The van der Waals surface area contributed by atoms with Crippen molar-refractivity contribution in [3.63, 3.8) is 0 Å². The van der Waals surface area contributed by atoms with Crippen molar-refractivity contribution < 1.29 is 4.79 Å². The zero-order valence-electron chi connectivity index (χ0n) is 14.2. The Morgan fingerprint density at radius 3 is 2.69 bits per heavy atom. The van der Waals surface area contributed by atoms with E-state index in [9.17, 15) is 4.79 Å². The van der Waals surface area contributed by atoms with Crippen LogP contribution in [0.4, 0.5) is 4.79 Å². The fourth-order valence-electron chi connectivity index (χ4n) is 2.93. The molecule has 5 nitrogen and oxygen atoms in total. The van der Waals surface area contributed by atoms with Gasteiger partial charge in [0.15, 0.2) is 0 Å². The number of hydrogen-bond acceptors (Lipinski definition) is 3. The highest BCUT2D eigenvalue weighted by Crippen LogP contribution is 2.23. The maximum atomic E-state index is 12.5. The molecule has 1 N–H and O–H groups in total. The molecule has 2 heterocycles. The van der Waals surface area contributed by atoms with Crippen molar-refractivity contribution in [2.75, 3.05) is 6.54 Å². The summed E-state index contributed by atoms with van der Waals surface area (Å²) in [5, 5.41) is 2.95. The first-order chi connectivity index (χ1) is 12.8. The number of aromatic nitrogens is 3. The Hall–Kier alpha value is -3.47. The molecule has 2 aromatic heterocycles. The fraction of sp³-hybridized carbons (Fsp3) is 0.0952. The van der Waals surface area contributed by atoms with E-state index >= 15 is 0 Å². The van der Waals surface area contributed by atoms with Gasteiger partial charge in [0.2, 0.25) is 0 Å². The van der Waals surface area contributed by atoms with Gasteiger partial charge in [-0.1, -0.05) is 42.5 Å². The molecule has 0 unspecified atom stereocenters. The molecule has 0 atom stereocenters. The van der Waals surface area contributed by atoms with E-state index in [1.54, 1.807) is 17.1 Å². The minimum absolute atomic E-state index is 0.169. The van der Waals surface area contributed by atoms with E-state index in [-0.39, 0.29) is 6.03 Å². The highest BCUT2D eigenvalue weighted by molar-refractivity contribution is 5.91. The Balaban J connectivity index is 1.49. The Morgan fingerprint density at radius 1 is 1.00 bits per heavy atom. The van der Waals surface area contributed by atoms with E-state index in [1.165, 1.54) is 5.56 Å². The summed E-state index contributed by atoms with van der Waals surface area (Å²) < 4.78 is 1.55. The van der Waals surface area contributed by atoms with Crippen LogP contribution in [0, 0.1) is 0 Å². The number of rotatable bonds is 4. The number of carbonyl (C=O) groups is 1. The van der Waals surface area contributed by atoms with Crippen molar-refractivity contribution in [2.24, 2.45) is 0 Å². The van der Waals surface area contributed by atoms with Gasteiger partial charge in [-0.15, -0.1) is 0 Å². The smallest absolute Gasteiger partial charge is 0.327 e. The third-order valence-electron chi connectivity index (χ3n) is 4.29. The molecule has 128 valence electrons. The Bertz CT molecular complexity index is 1030. The molecule has 5 heteroatoms. The summed E-state index contributed by atoms with van der Waals surface area (Å²) in [6.45, 7) is 0.580. The third kappa shape index (κ3) is 3.32. The van der Waals surface area contributed by atoms with E-state index in [4.69, 9.17) is 0 Å². The summed E-state index contributed by atoms with van der Waals surface area (Å²) in [6, 6.07) is 19.7. The van der Waals surface area contributed by atoms with Crippen LogP contribution in [0.5, 0.6) is 0 Å². The van der Waals surface area contributed by atoms with Gasteiger partial charge in [0, 0.05) is 24.5 Å². The summed E-state index contributed by atoms with van der Waals surface area (Å²) in [5.74, 6) is 0. The van der Waals surface area contributed by atoms with E-state index in [0.29, 0.717) is 6.54 Å². The van der Waals surface area contributed by atoms with Crippen molar-refractivity contribution in [3.05, 3.63) is 84.9 Å². The average Bonchev–Trinajstić information content (AvgIpc) is 3.13. The monoisotopic (exact) mass is 342 g/mol. The molecular weight excluding hydrogens is 324 g/mol. The second-order valence-corrected chi connectivity index (χ2v) is 6.03. The lowest BCUT2D eigenvalue weighted by atomic mass is 10.1. The predicted octanol–water partition coefficient (Wildman–Crippen LogP) is 3.90. The molecule has 0 spiro atoms. The molecule has 0 saturated carbocycles. The number of carbonyl (C=O) groups excluding carboxylic acids is 1. The third-order valence-corrected chi connectivity index (χ3v) is 4.29. The highest BCUT2D eigenvalue weighted by atomic mass is 16.2. The summed E-state index contributed by atoms with van der Waals surface area (Å²) in [6.07, 6.45) is 5.92. The standard InChI is InChI=1S/C21H18N4O/c26-21(23-12-10-16-5-2-1-3-6-16)25-15-24-19-13-17(8-9-20(19)25)18-7-4-11-22-14-18/h1-9,11,13-15H,10,12H2,(H,23,26). The van der Waals surface area contributed by atoms with Gasteiger partial charge in [0.1, 0.15) is 6.33 Å². The second kappa shape index (κ2) is 7.19. The van der Waals surface area contributed by atoms with Crippen LogP contribution in [0.3, 0.4) is 0 Å². The summed E-state index contributed by atoms with van der Waals surface area (Å²) in [4.78, 5) is 21.0. The Kier molecular flexibility index (Phi) is 4.43. The van der Waals surface area contributed by atoms with Crippen molar-refractivity contribution >= 4 is 17.1 Å². The number of amides is 1. The highest BCUT2D eigenvalue weighted by Gasteiger charge is 2.10. The van der Waals surface area contributed by atoms with Gasteiger partial charge in [-0.2, -0.15) is 0 Å².